The van der Waals surface area contributed by atoms with Gasteiger partial charge in [0.05, 0.1) is 19.5 Å². The lowest BCUT2D eigenvalue weighted by molar-refractivity contribution is 0.0975. The smallest absolute Gasteiger partial charge is 0.119 e. The maximum Gasteiger partial charge on any atom is 0.119 e. The van der Waals surface area contributed by atoms with E-state index in [0.717, 1.165) is 43.0 Å². The summed E-state index contributed by atoms with van der Waals surface area (Å²) in [7, 11) is 1.67. The fraction of sp³-hybridized carbons (Fsp3) is 0.474. The Morgan fingerprint density at radius 2 is 1.82 bits per heavy atom. The highest BCUT2D eigenvalue weighted by Crippen LogP contribution is 2.11. The standard InChI is InChI=1S/C19H28O3/c1-16-8-10-19(11-9-16)22-14-13-21-12-6-5-7-17(2)15-18(3)20-4/h8-11,15H,2,5-7,12-14H2,1,3-4H3/b18-15-. The molecule has 0 saturated carbocycles. The Hall–Kier alpha value is -1.74. The quantitative estimate of drug-likeness (QED) is 0.338. The number of ether oxygens (including phenoxy) is 3. The van der Waals surface area contributed by atoms with E-state index in [9.17, 15) is 0 Å². The van der Waals surface area contributed by atoms with E-state index in [4.69, 9.17) is 14.2 Å². The molecule has 1 rings (SSSR count). The predicted molar refractivity (Wildman–Crippen MR) is 91.3 cm³/mol. The van der Waals surface area contributed by atoms with Crippen LogP contribution in [-0.2, 0) is 9.47 Å². The minimum Gasteiger partial charge on any atom is -0.501 e. The van der Waals surface area contributed by atoms with Crippen molar-refractivity contribution in [3.63, 3.8) is 0 Å². The SMILES string of the molecule is C=C(/C=C(/C)OC)CCCCOCCOc1ccc(C)cc1. The highest BCUT2D eigenvalue weighted by molar-refractivity contribution is 5.26. The van der Waals surface area contributed by atoms with E-state index in [1.807, 2.05) is 37.3 Å². The molecule has 0 heterocycles. The third-order valence-corrected chi connectivity index (χ3v) is 3.28. The molecule has 1 aromatic carbocycles. The van der Waals surface area contributed by atoms with Crippen molar-refractivity contribution in [1.29, 1.82) is 0 Å². The van der Waals surface area contributed by atoms with Crippen LogP contribution >= 0.6 is 0 Å². The van der Waals surface area contributed by atoms with Gasteiger partial charge >= 0.3 is 0 Å². The summed E-state index contributed by atoms with van der Waals surface area (Å²) in [5, 5.41) is 0. The van der Waals surface area contributed by atoms with Crippen molar-refractivity contribution in [2.45, 2.75) is 33.1 Å². The molecule has 3 nitrogen and oxygen atoms in total. The number of hydrogen-bond donors (Lipinski definition) is 0. The van der Waals surface area contributed by atoms with Gasteiger partial charge in [-0.25, -0.2) is 0 Å². The average molecular weight is 304 g/mol. The van der Waals surface area contributed by atoms with Gasteiger partial charge in [0.1, 0.15) is 12.4 Å². The maximum absolute atomic E-state index is 5.60. The van der Waals surface area contributed by atoms with E-state index in [1.54, 1.807) is 7.11 Å². The number of aryl methyl sites for hydroxylation is 1. The molecule has 0 aliphatic carbocycles. The molecule has 0 spiro atoms. The van der Waals surface area contributed by atoms with Gasteiger partial charge in [-0.15, -0.1) is 0 Å². The Morgan fingerprint density at radius 1 is 1.09 bits per heavy atom. The van der Waals surface area contributed by atoms with Gasteiger partial charge < -0.3 is 14.2 Å². The summed E-state index contributed by atoms with van der Waals surface area (Å²) in [5.41, 5.74) is 2.34. The number of rotatable bonds is 11. The molecule has 22 heavy (non-hydrogen) atoms. The second-order valence-corrected chi connectivity index (χ2v) is 5.35. The van der Waals surface area contributed by atoms with Crippen molar-refractivity contribution >= 4 is 0 Å². The summed E-state index contributed by atoms with van der Waals surface area (Å²) in [5.74, 6) is 1.79. The van der Waals surface area contributed by atoms with Crippen LogP contribution in [0.3, 0.4) is 0 Å². The molecule has 0 amide bonds. The Kier molecular flexibility index (Phi) is 9.08. The van der Waals surface area contributed by atoms with E-state index in [-0.39, 0.29) is 0 Å². The number of benzene rings is 1. The summed E-state index contributed by atoms with van der Waals surface area (Å²) in [6.45, 7) is 9.98. The van der Waals surface area contributed by atoms with Gasteiger partial charge in [0.2, 0.25) is 0 Å². The van der Waals surface area contributed by atoms with Gasteiger partial charge in [0.25, 0.3) is 0 Å². The Balaban J connectivity index is 1.97. The molecule has 0 aliphatic heterocycles. The van der Waals surface area contributed by atoms with E-state index in [2.05, 4.69) is 13.5 Å². The van der Waals surface area contributed by atoms with Crippen LogP contribution in [0.2, 0.25) is 0 Å². The topological polar surface area (TPSA) is 27.7 Å². The molecule has 0 N–H and O–H groups in total. The summed E-state index contributed by atoms with van der Waals surface area (Å²) < 4.78 is 16.3. The molecule has 0 aliphatic rings. The van der Waals surface area contributed by atoms with Crippen LogP contribution in [0.4, 0.5) is 0 Å². The molecular weight excluding hydrogens is 276 g/mol. The average Bonchev–Trinajstić information content (AvgIpc) is 2.51. The summed E-state index contributed by atoms with van der Waals surface area (Å²) in [6.07, 6.45) is 5.06. The van der Waals surface area contributed by atoms with Crippen LogP contribution in [-0.4, -0.2) is 26.9 Å². The molecular formula is C19H28O3. The molecule has 0 aromatic heterocycles. The molecule has 122 valence electrons. The highest BCUT2D eigenvalue weighted by atomic mass is 16.5. The maximum atomic E-state index is 5.60. The monoisotopic (exact) mass is 304 g/mol. The molecule has 0 radical (unpaired) electrons. The van der Waals surface area contributed by atoms with Crippen molar-refractivity contribution in [2.75, 3.05) is 26.9 Å². The zero-order valence-corrected chi connectivity index (χ0v) is 14.1. The molecule has 0 bridgehead atoms. The molecule has 0 atom stereocenters. The first kappa shape index (κ1) is 18.3. The van der Waals surface area contributed by atoms with Crippen LogP contribution in [0.1, 0.15) is 31.7 Å². The zero-order valence-electron chi connectivity index (χ0n) is 14.1. The third kappa shape index (κ3) is 8.53. The van der Waals surface area contributed by atoms with Crippen LogP contribution in [0.25, 0.3) is 0 Å². The van der Waals surface area contributed by atoms with E-state index < -0.39 is 0 Å². The summed E-state index contributed by atoms with van der Waals surface area (Å²) >= 11 is 0. The molecule has 0 fully saturated rings. The van der Waals surface area contributed by atoms with Crippen molar-refractivity contribution in [1.82, 2.24) is 0 Å². The first-order valence-corrected chi connectivity index (χ1v) is 7.79. The van der Waals surface area contributed by atoms with Gasteiger partial charge in [-0.05, 0) is 51.3 Å². The minimum absolute atomic E-state index is 0.589. The van der Waals surface area contributed by atoms with Crippen LogP contribution in [0.5, 0.6) is 5.75 Å². The highest BCUT2D eigenvalue weighted by Gasteiger charge is 1.96. The minimum atomic E-state index is 0.589. The van der Waals surface area contributed by atoms with Gasteiger partial charge in [-0.2, -0.15) is 0 Å². The van der Waals surface area contributed by atoms with E-state index in [0.29, 0.717) is 13.2 Å². The first-order valence-electron chi connectivity index (χ1n) is 7.79. The van der Waals surface area contributed by atoms with Gasteiger partial charge in [0.15, 0.2) is 0 Å². The number of hydrogen-bond acceptors (Lipinski definition) is 3. The number of allylic oxidation sites excluding steroid dienone is 3. The summed E-state index contributed by atoms with van der Waals surface area (Å²) in [6, 6.07) is 8.05. The lowest BCUT2D eigenvalue weighted by Crippen LogP contribution is -2.07. The second-order valence-electron chi connectivity index (χ2n) is 5.35. The Labute approximate surface area is 134 Å². The van der Waals surface area contributed by atoms with Crippen molar-refractivity contribution in [2.24, 2.45) is 0 Å². The van der Waals surface area contributed by atoms with Gasteiger partial charge in [-0.3, -0.25) is 0 Å². The fourth-order valence-electron chi connectivity index (χ4n) is 1.93. The normalized spacial score (nSPS) is 11.3. The second kappa shape index (κ2) is 10.9. The molecule has 3 heteroatoms. The van der Waals surface area contributed by atoms with Crippen LogP contribution in [0, 0.1) is 6.92 Å². The van der Waals surface area contributed by atoms with Crippen LogP contribution in [0.15, 0.2) is 48.3 Å². The third-order valence-electron chi connectivity index (χ3n) is 3.28. The van der Waals surface area contributed by atoms with Gasteiger partial charge in [0, 0.05) is 6.61 Å². The summed E-state index contributed by atoms with van der Waals surface area (Å²) in [4.78, 5) is 0. The van der Waals surface area contributed by atoms with Crippen molar-refractivity contribution in [3.8, 4) is 5.75 Å². The molecule has 0 saturated heterocycles. The van der Waals surface area contributed by atoms with E-state index in [1.165, 1.54) is 5.56 Å². The lowest BCUT2D eigenvalue weighted by Gasteiger charge is -2.07. The van der Waals surface area contributed by atoms with Crippen LogP contribution < -0.4 is 4.74 Å². The molecule has 1 aromatic rings. The number of unbranched alkanes of at least 4 members (excludes halogenated alkanes) is 1. The van der Waals surface area contributed by atoms with Crippen molar-refractivity contribution in [3.05, 3.63) is 53.8 Å². The van der Waals surface area contributed by atoms with Crippen molar-refractivity contribution < 1.29 is 14.2 Å². The fourth-order valence-corrected chi connectivity index (χ4v) is 1.93. The van der Waals surface area contributed by atoms with Gasteiger partial charge in [-0.1, -0.05) is 29.8 Å². The first-order chi connectivity index (χ1) is 10.6. The number of methoxy groups -OCH3 is 1. The Morgan fingerprint density at radius 3 is 2.50 bits per heavy atom. The molecule has 0 unspecified atom stereocenters. The largest absolute Gasteiger partial charge is 0.501 e. The Bertz CT molecular complexity index is 460. The predicted octanol–water partition coefficient (Wildman–Crippen LogP) is 4.67. The zero-order chi connectivity index (χ0) is 16.2. The van der Waals surface area contributed by atoms with E-state index >= 15 is 0 Å². The lowest BCUT2D eigenvalue weighted by atomic mass is 10.1.